The lowest BCUT2D eigenvalue weighted by molar-refractivity contribution is -0.123. The Hall–Kier alpha value is -1.77. The maximum absolute atomic E-state index is 12.7. The molecule has 27 heavy (non-hydrogen) atoms. The van der Waals surface area contributed by atoms with Gasteiger partial charge in [-0.05, 0) is 68.3 Å². The van der Waals surface area contributed by atoms with Crippen LogP contribution >= 0.6 is 43.6 Å². The van der Waals surface area contributed by atoms with Gasteiger partial charge in [-0.2, -0.15) is 0 Å². The van der Waals surface area contributed by atoms with E-state index in [1.54, 1.807) is 6.07 Å². The first-order valence-corrected chi connectivity index (χ1v) is 10.3. The SMILES string of the molecule is COc1cc(Br)c(Br)c(/C=C2\SC(=O)N(Cc3ccc(C)cc3)C2=O)c1O. The summed E-state index contributed by atoms with van der Waals surface area (Å²) < 4.78 is 6.36. The number of ether oxygens (including phenoxy) is 1. The highest BCUT2D eigenvalue weighted by atomic mass is 79.9. The highest BCUT2D eigenvalue weighted by Gasteiger charge is 2.35. The van der Waals surface area contributed by atoms with Crippen molar-refractivity contribution in [1.82, 2.24) is 4.90 Å². The lowest BCUT2D eigenvalue weighted by Gasteiger charge is -2.13. The van der Waals surface area contributed by atoms with Crippen LogP contribution in [0.4, 0.5) is 4.79 Å². The van der Waals surface area contributed by atoms with Gasteiger partial charge in [-0.1, -0.05) is 29.8 Å². The molecule has 0 saturated carbocycles. The van der Waals surface area contributed by atoms with Crippen LogP contribution < -0.4 is 4.74 Å². The zero-order chi connectivity index (χ0) is 19.7. The number of halogens is 2. The number of rotatable bonds is 4. The van der Waals surface area contributed by atoms with E-state index in [9.17, 15) is 14.7 Å². The molecule has 0 radical (unpaired) electrons. The smallest absolute Gasteiger partial charge is 0.293 e. The highest BCUT2D eigenvalue weighted by Crippen LogP contribution is 2.43. The first kappa shape index (κ1) is 20.0. The van der Waals surface area contributed by atoms with Gasteiger partial charge in [0, 0.05) is 14.5 Å². The normalized spacial score (nSPS) is 15.7. The van der Waals surface area contributed by atoms with E-state index < -0.39 is 5.91 Å². The van der Waals surface area contributed by atoms with Crippen LogP contribution in [-0.2, 0) is 11.3 Å². The second-order valence-electron chi connectivity index (χ2n) is 5.89. The summed E-state index contributed by atoms with van der Waals surface area (Å²) in [4.78, 5) is 26.5. The van der Waals surface area contributed by atoms with Crippen LogP contribution in [-0.4, -0.2) is 28.3 Å². The van der Waals surface area contributed by atoms with E-state index in [-0.39, 0.29) is 28.2 Å². The number of methoxy groups -OCH3 is 1. The predicted octanol–water partition coefficient (Wildman–Crippen LogP) is 5.47. The topological polar surface area (TPSA) is 66.8 Å². The number of phenolic OH excluding ortho intramolecular Hbond substituents is 1. The van der Waals surface area contributed by atoms with Crippen LogP contribution in [0.3, 0.4) is 0 Å². The van der Waals surface area contributed by atoms with E-state index in [1.165, 1.54) is 18.1 Å². The van der Waals surface area contributed by atoms with E-state index in [2.05, 4.69) is 31.9 Å². The molecule has 0 bridgehead atoms. The third-order valence-corrected chi connectivity index (χ3v) is 6.94. The van der Waals surface area contributed by atoms with Crippen LogP contribution in [0.15, 0.2) is 44.2 Å². The zero-order valence-corrected chi connectivity index (χ0v) is 18.4. The number of aromatic hydroxyl groups is 1. The fourth-order valence-electron chi connectivity index (χ4n) is 2.54. The minimum atomic E-state index is -0.393. The fourth-order valence-corrected chi connectivity index (χ4v) is 4.20. The van der Waals surface area contributed by atoms with Gasteiger partial charge in [-0.25, -0.2) is 0 Å². The molecule has 1 heterocycles. The molecule has 1 N–H and O–H groups in total. The number of carbonyl (C=O) groups is 2. The Morgan fingerprint density at radius 3 is 2.52 bits per heavy atom. The lowest BCUT2D eigenvalue weighted by Crippen LogP contribution is -2.27. The quantitative estimate of drug-likeness (QED) is 0.550. The molecule has 8 heteroatoms. The minimum Gasteiger partial charge on any atom is -0.504 e. The van der Waals surface area contributed by atoms with Gasteiger partial charge >= 0.3 is 0 Å². The summed E-state index contributed by atoms with van der Waals surface area (Å²) in [6, 6.07) is 9.27. The average molecular weight is 513 g/mol. The molecule has 1 aliphatic heterocycles. The van der Waals surface area contributed by atoms with Crippen LogP contribution in [0.1, 0.15) is 16.7 Å². The number of thioether (sulfide) groups is 1. The highest BCUT2D eigenvalue weighted by molar-refractivity contribution is 9.13. The van der Waals surface area contributed by atoms with Gasteiger partial charge in [0.05, 0.1) is 18.6 Å². The Morgan fingerprint density at radius 1 is 1.22 bits per heavy atom. The molecule has 0 atom stereocenters. The number of imide groups is 1. The summed E-state index contributed by atoms with van der Waals surface area (Å²) in [5, 5.41) is 10.1. The molecule has 1 aliphatic rings. The maximum Gasteiger partial charge on any atom is 0.293 e. The molecule has 2 amide bonds. The van der Waals surface area contributed by atoms with Crippen molar-refractivity contribution in [2.24, 2.45) is 0 Å². The Kier molecular flexibility index (Phi) is 5.98. The largest absolute Gasteiger partial charge is 0.504 e. The van der Waals surface area contributed by atoms with Crippen molar-refractivity contribution in [3.05, 3.63) is 60.9 Å². The number of benzene rings is 2. The Morgan fingerprint density at radius 2 is 1.89 bits per heavy atom. The van der Waals surface area contributed by atoms with Gasteiger partial charge in [0.2, 0.25) is 0 Å². The van der Waals surface area contributed by atoms with Crippen LogP contribution in [0.5, 0.6) is 11.5 Å². The number of hydrogen-bond acceptors (Lipinski definition) is 5. The number of aryl methyl sites for hydroxylation is 1. The summed E-state index contributed by atoms with van der Waals surface area (Å²) in [6.45, 7) is 2.18. The Labute approximate surface area is 177 Å². The first-order valence-electron chi connectivity index (χ1n) is 7.87. The van der Waals surface area contributed by atoms with Gasteiger partial charge in [-0.3, -0.25) is 14.5 Å². The average Bonchev–Trinajstić information content (AvgIpc) is 2.91. The molecule has 0 aromatic heterocycles. The third-order valence-electron chi connectivity index (χ3n) is 4.02. The van der Waals surface area contributed by atoms with E-state index >= 15 is 0 Å². The predicted molar refractivity (Wildman–Crippen MR) is 113 cm³/mol. The van der Waals surface area contributed by atoms with Crippen molar-refractivity contribution >= 4 is 60.8 Å². The van der Waals surface area contributed by atoms with E-state index in [1.807, 2.05) is 31.2 Å². The van der Waals surface area contributed by atoms with Gasteiger partial charge in [0.25, 0.3) is 11.1 Å². The number of phenols is 1. The second-order valence-corrected chi connectivity index (χ2v) is 8.53. The Balaban J connectivity index is 1.93. The van der Waals surface area contributed by atoms with Crippen molar-refractivity contribution < 1.29 is 19.4 Å². The molecule has 3 rings (SSSR count). The summed E-state index contributed by atoms with van der Waals surface area (Å²) in [5.41, 5.74) is 2.34. The number of hydrogen-bond donors (Lipinski definition) is 1. The molecule has 2 aromatic carbocycles. The molecule has 0 unspecified atom stereocenters. The third kappa shape index (κ3) is 4.07. The minimum absolute atomic E-state index is 0.113. The van der Waals surface area contributed by atoms with Crippen molar-refractivity contribution in [1.29, 1.82) is 0 Å². The molecule has 1 saturated heterocycles. The van der Waals surface area contributed by atoms with Crippen LogP contribution in [0, 0.1) is 6.92 Å². The molecular formula is C19H15Br2NO4S. The molecule has 0 aliphatic carbocycles. The molecule has 5 nitrogen and oxygen atoms in total. The van der Waals surface area contributed by atoms with E-state index in [0.29, 0.717) is 14.5 Å². The van der Waals surface area contributed by atoms with Gasteiger partial charge in [0.1, 0.15) is 0 Å². The van der Waals surface area contributed by atoms with Crippen molar-refractivity contribution in [3.8, 4) is 11.5 Å². The van der Waals surface area contributed by atoms with Crippen LogP contribution in [0.25, 0.3) is 6.08 Å². The summed E-state index contributed by atoms with van der Waals surface area (Å²) in [6.07, 6.45) is 1.49. The second kappa shape index (κ2) is 8.08. The molecule has 1 fully saturated rings. The number of carbonyl (C=O) groups excluding carboxylic acids is 2. The first-order chi connectivity index (χ1) is 12.8. The standard InChI is InChI=1S/C19H15Br2NO4S/c1-10-3-5-11(6-4-10)9-22-18(24)15(27-19(22)25)7-12-16(21)13(20)8-14(26-2)17(12)23/h3-8,23H,9H2,1-2H3/b15-7-. The summed E-state index contributed by atoms with van der Waals surface area (Å²) in [5.74, 6) is -0.246. The maximum atomic E-state index is 12.7. The zero-order valence-electron chi connectivity index (χ0n) is 14.5. The molecule has 2 aromatic rings. The van der Waals surface area contributed by atoms with Gasteiger partial charge in [0.15, 0.2) is 11.5 Å². The molecular weight excluding hydrogens is 498 g/mol. The van der Waals surface area contributed by atoms with Crippen molar-refractivity contribution in [2.45, 2.75) is 13.5 Å². The van der Waals surface area contributed by atoms with Crippen molar-refractivity contribution in [3.63, 3.8) is 0 Å². The number of amides is 2. The monoisotopic (exact) mass is 511 g/mol. The Bertz CT molecular complexity index is 957. The molecule has 0 spiro atoms. The van der Waals surface area contributed by atoms with Gasteiger partial charge < -0.3 is 9.84 Å². The lowest BCUT2D eigenvalue weighted by atomic mass is 10.1. The van der Waals surface area contributed by atoms with E-state index in [4.69, 9.17) is 4.74 Å². The van der Waals surface area contributed by atoms with E-state index in [0.717, 1.165) is 22.9 Å². The van der Waals surface area contributed by atoms with Crippen molar-refractivity contribution in [2.75, 3.05) is 7.11 Å². The number of nitrogens with zero attached hydrogens (tertiary/aromatic N) is 1. The van der Waals surface area contributed by atoms with Gasteiger partial charge in [-0.15, -0.1) is 0 Å². The summed E-state index contributed by atoms with van der Waals surface area (Å²) in [7, 11) is 1.44. The summed E-state index contributed by atoms with van der Waals surface area (Å²) >= 11 is 7.61. The fraction of sp³-hybridized carbons (Fsp3) is 0.158. The molecule has 140 valence electrons. The van der Waals surface area contributed by atoms with Crippen LogP contribution in [0.2, 0.25) is 0 Å².